The second-order valence-corrected chi connectivity index (χ2v) is 7.98. The number of aromatic nitrogens is 2. The summed E-state index contributed by atoms with van der Waals surface area (Å²) in [6.45, 7) is 4.48. The summed E-state index contributed by atoms with van der Waals surface area (Å²) in [4.78, 5) is 17.2. The summed E-state index contributed by atoms with van der Waals surface area (Å²) in [5.74, 6) is 1.10. The van der Waals surface area contributed by atoms with E-state index in [1.807, 2.05) is 46.1 Å². The van der Waals surface area contributed by atoms with E-state index < -0.39 is 0 Å². The lowest BCUT2D eigenvalue weighted by atomic mass is 10.1. The van der Waals surface area contributed by atoms with E-state index in [1.54, 1.807) is 13.3 Å². The first-order valence-corrected chi connectivity index (χ1v) is 10.9. The van der Waals surface area contributed by atoms with Crippen LogP contribution >= 0.6 is 0 Å². The number of benzene rings is 2. The van der Waals surface area contributed by atoms with E-state index in [-0.39, 0.29) is 5.91 Å². The van der Waals surface area contributed by atoms with Gasteiger partial charge in [-0.15, -0.1) is 0 Å². The Morgan fingerprint density at radius 1 is 0.968 bits per heavy atom. The van der Waals surface area contributed by atoms with Crippen LogP contribution in [0.2, 0.25) is 0 Å². The molecular formula is C25H30N4O2. The predicted octanol–water partition coefficient (Wildman–Crippen LogP) is 3.55. The highest BCUT2D eigenvalue weighted by Crippen LogP contribution is 2.15. The van der Waals surface area contributed by atoms with Crippen LogP contribution in [0.3, 0.4) is 0 Å². The first-order chi connectivity index (χ1) is 15.2. The number of ether oxygens (including phenoxy) is 1. The molecule has 2 heterocycles. The van der Waals surface area contributed by atoms with Crippen LogP contribution in [0.25, 0.3) is 5.69 Å². The van der Waals surface area contributed by atoms with Gasteiger partial charge in [-0.25, -0.2) is 4.68 Å². The zero-order chi connectivity index (χ0) is 21.5. The zero-order valence-corrected chi connectivity index (χ0v) is 18.1. The number of carbonyl (C=O) groups excluding carboxylic acids is 1. The van der Waals surface area contributed by atoms with Gasteiger partial charge in [-0.2, -0.15) is 5.10 Å². The van der Waals surface area contributed by atoms with Crippen LogP contribution < -0.4 is 4.74 Å². The number of amides is 1. The van der Waals surface area contributed by atoms with Crippen LogP contribution in [-0.4, -0.2) is 58.8 Å². The molecule has 0 atom stereocenters. The molecule has 0 spiro atoms. The van der Waals surface area contributed by atoms with E-state index >= 15 is 0 Å². The Morgan fingerprint density at radius 3 is 2.45 bits per heavy atom. The minimum absolute atomic E-state index is 0.251. The number of hydrogen-bond donors (Lipinski definition) is 0. The average molecular weight is 419 g/mol. The highest BCUT2D eigenvalue weighted by atomic mass is 16.5. The van der Waals surface area contributed by atoms with Gasteiger partial charge in [0.2, 0.25) is 5.91 Å². The lowest BCUT2D eigenvalue weighted by Crippen LogP contribution is -2.35. The van der Waals surface area contributed by atoms with Crippen LogP contribution in [0.4, 0.5) is 0 Å². The van der Waals surface area contributed by atoms with E-state index in [9.17, 15) is 4.79 Å². The molecule has 6 heteroatoms. The monoisotopic (exact) mass is 418 g/mol. The van der Waals surface area contributed by atoms with E-state index in [1.165, 1.54) is 11.1 Å². The van der Waals surface area contributed by atoms with Crippen molar-refractivity contribution in [2.24, 2.45) is 0 Å². The SMILES string of the molecule is COc1ccc(CCC(=O)N2CCCN(Cc3ccc(-n4cccn4)cc3)CC2)cc1. The van der Waals surface area contributed by atoms with Crippen molar-refractivity contribution in [3.63, 3.8) is 0 Å². The summed E-state index contributed by atoms with van der Waals surface area (Å²) in [5.41, 5.74) is 3.53. The third-order valence-corrected chi connectivity index (χ3v) is 5.84. The minimum atomic E-state index is 0.251. The Kier molecular flexibility index (Phi) is 6.99. The van der Waals surface area contributed by atoms with Crippen molar-refractivity contribution in [3.05, 3.63) is 78.1 Å². The Balaban J connectivity index is 1.25. The molecule has 31 heavy (non-hydrogen) atoms. The molecule has 1 aliphatic rings. The molecule has 3 aromatic rings. The van der Waals surface area contributed by atoms with Crippen molar-refractivity contribution in [3.8, 4) is 11.4 Å². The molecule has 1 saturated heterocycles. The first-order valence-electron chi connectivity index (χ1n) is 10.9. The Morgan fingerprint density at radius 2 is 1.74 bits per heavy atom. The molecule has 1 fully saturated rings. The summed E-state index contributed by atoms with van der Waals surface area (Å²) in [5, 5.41) is 4.27. The maximum atomic E-state index is 12.7. The summed E-state index contributed by atoms with van der Waals surface area (Å²) >= 11 is 0. The molecule has 0 N–H and O–H groups in total. The van der Waals surface area contributed by atoms with Gasteiger partial charge in [0.05, 0.1) is 12.8 Å². The van der Waals surface area contributed by atoms with E-state index in [4.69, 9.17) is 4.74 Å². The summed E-state index contributed by atoms with van der Waals surface area (Å²) < 4.78 is 7.06. The minimum Gasteiger partial charge on any atom is -0.497 e. The normalized spacial score (nSPS) is 14.9. The van der Waals surface area contributed by atoms with Gasteiger partial charge >= 0.3 is 0 Å². The molecule has 1 amide bonds. The smallest absolute Gasteiger partial charge is 0.222 e. The van der Waals surface area contributed by atoms with Gasteiger partial charge in [0.1, 0.15) is 5.75 Å². The number of nitrogens with zero attached hydrogens (tertiary/aromatic N) is 4. The van der Waals surface area contributed by atoms with Crippen LogP contribution in [0.15, 0.2) is 67.0 Å². The quantitative estimate of drug-likeness (QED) is 0.589. The molecule has 0 unspecified atom stereocenters. The fourth-order valence-electron chi connectivity index (χ4n) is 4.01. The number of hydrogen-bond acceptors (Lipinski definition) is 4. The topological polar surface area (TPSA) is 50.6 Å². The number of carbonyl (C=O) groups is 1. The molecule has 1 aromatic heterocycles. The molecule has 0 saturated carbocycles. The Labute approximate surface area is 184 Å². The molecule has 0 aliphatic carbocycles. The van der Waals surface area contributed by atoms with Crippen LogP contribution in [-0.2, 0) is 17.8 Å². The van der Waals surface area contributed by atoms with Gasteiger partial charge in [0.25, 0.3) is 0 Å². The fourth-order valence-corrected chi connectivity index (χ4v) is 4.01. The summed E-state index contributed by atoms with van der Waals surface area (Å²) in [7, 11) is 1.66. The molecule has 4 rings (SSSR count). The van der Waals surface area contributed by atoms with Crippen LogP contribution in [0.1, 0.15) is 24.0 Å². The molecule has 0 radical (unpaired) electrons. The van der Waals surface area contributed by atoms with Gasteiger partial charge < -0.3 is 9.64 Å². The lowest BCUT2D eigenvalue weighted by Gasteiger charge is -2.22. The van der Waals surface area contributed by atoms with Crippen LogP contribution in [0.5, 0.6) is 5.75 Å². The molecular weight excluding hydrogens is 388 g/mol. The third kappa shape index (κ3) is 5.73. The van der Waals surface area contributed by atoms with Gasteiger partial charge in [0.15, 0.2) is 0 Å². The van der Waals surface area contributed by atoms with Crippen molar-refractivity contribution in [1.82, 2.24) is 19.6 Å². The Hall–Kier alpha value is -3.12. The van der Waals surface area contributed by atoms with Crippen molar-refractivity contribution in [2.75, 3.05) is 33.3 Å². The van der Waals surface area contributed by atoms with Crippen molar-refractivity contribution >= 4 is 5.91 Å². The third-order valence-electron chi connectivity index (χ3n) is 5.84. The number of aryl methyl sites for hydroxylation is 1. The van der Waals surface area contributed by atoms with Crippen LogP contribution in [0, 0.1) is 0 Å². The van der Waals surface area contributed by atoms with E-state index in [2.05, 4.69) is 34.3 Å². The van der Waals surface area contributed by atoms with E-state index in [0.717, 1.165) is 57.0 Å². The first kappa shape index (κ1) is 21.1. The van der Waals surface area contributed by atoms with E-state index in [0.29, 0.717) is 6.42 Å². The van der Waals surface area contributed by atoms with Gasteiger partial charge in [-0.3, -0.25) is 9.69 Å². The maximum Gasteiger partial charge on any atom is 0.222 e. The highest BCUT2D eigenvalue weighted by molar-refractivity contribution is 5.76. The van der Waals surface area contributed by atoms with Gasteiger partial charge in [-0.1, -0.05) is 24.3 Å². The fraction of sp³-hybridized carbons (Fsp3) is 0.360. The molecule has 1 aliphatic heterocycles. The highest BCUT2D eigenvalue weighted by Gasteiger charge is 2.19. The van der Waals surface area contributed by atoms with Crippen molar-refractivity contribution < 1.29 is 9.53 Å². The second kappa shape index (κ2) is 10.3. The largest absolute Gasteiger partial charge is 0.497 e. The Bertz CT molecular complexity index is 952. The van der Waals surface area contributed by atoms with Crippen molar-refractivity contribution in [2.45, 2.75) is 25.8 Å². The summed E-state index contributed by atoms with van der Waals surface area (Å²) in [6.07, 6.45) is 6.08. The molecule has 2 aromatic carbocycles. The second-order valence-electron chi connectivity index (χ2n) is 7.98. The lowest BCUT2D eigenvalue weighted by molar-refractivity contribution is -0.131. The maximum absolute atomic E-state index is 12.7. The number of rotatable bonds is 7. The molecule has 0 bridgehead atoms. The summed E-state index contributed by atoms with van der Waals surface area (Å²) in [6, 6.07) is 18.4. The zero-order valence-electron chi connectivity index (χ0n) is 18.1. The standard InChI is InChI=1S/C25H30N4O2/c1-31-24-11-6-21(7-12-24)8-13-25(30)28-16-3-15-27(18-19-28)20-22-4-9-23(10-5-22)29-17-2-14-26-29/h2,4-7,9-12,14,17H,3,8,13,15-16,18-20H2,1H3. The van der Waals surface area contributed by atoms with Gasteiger partial charge in [-0.05, 0) is 54.3 Å². The average Bonchev–Trinajstić information content (AvgIpc) is 3.25. The number of methoxy groups -OCH3 is 1. The molecule has 162 valence electrons. The molecule has 6 nitrogen and oxygen atoms in total. The predicted molar refractivity (Wildman–Crippen MR) is 121 cm³/mol. The van der Waals surface area contributed by atoms with Gasteiger partial charge in [0, 0.05) is 51.5 Å². The van der Waals surface area contributed by atoms with Crippen molar-refractivity contribution in [1.29, 1.82) is 0 Å².